The summed E-state index contributed by atoms with van der Waals surface area (Å²) >= 11 is 11.8. The topological polar surface area (TPSA) is 9.23 Å². The Hall–Kier alpha value is -1.18. The monoisotopic (exact) mass is 280 g/mol. The second kappa shape index (κ2) is 5.64. The SMILES string of the molecule is Cc1ccc(Cl)cc1Oc1cc(CCl)ccc1C. The molecule has 0 aliphatic carbocycles. The highest BCUT2D eigenvalue weighted by molar-refractivity contribution is 6.30. The average Bonchev–Trinajstić information content (AvgIpc) is 2.36. The number of alkyl halides is 1. The fourth-order valence-corrected chi connectivity index (χ4v) is 1.97. The Morgan fingerprint density at radius 3 is 2.22 bits per heavy atom. The number of hydrogen-bond donors (Lipinski definition) is 0. The summed E-state index contributed by atoms with van der Waals surface area (Å²) in [5.74, 6) is 2.07. The van der Waals surface area contributed by atoms with Crippen LogP contribution in [0.25, 0.3) is 0 Å². The van der Waals surface area contributed by atoms with E-state index in [1.807, 2.05) is 50.2 Å². The van der Waals surface area contributed by atoms with Gasteiger partial charge in [0.2, 0.25) is 0 Å². The van der Waals surface area contributed by atoms with Crippen molar-refractivity contribution < 1.29 is 4.74 Å². The van der Waals surface area contributed by atoms with E-state index in [0.717, 1.165) is 28.2 Å². The molecule has 3 heteroatoms. The van der Waals surface area contributed by atoms with E-state index in [1.54, 1.807) is 0 Å². The molecule has 0 aliphatic rings. The van der Waals surface area contributed by atoms with Crippen LogP contribution in [0.1, 0.15) is 16.7 Å². The van der Waals surface area contributed by atoms with Crippen molar-refractivity contribution in [2.24, 2.45) is 0 Å². The van der Waals surface area contributed by atoms with Crippen molar-refractivity contribution in [1.29, 1.82) is 0 Å². The largest absolute Gasteiger partial charge is 0.457 e. The van der Waals surface area contributed by atoms with Gasteiger partial charge in [-0.1, -0.05) is 29.8 Å². The van der Waals surface area contributed by atoms with E-state index in [1.165, 1.54) is 0 Å². The van der Waals surface area contributed by atoms with Crippen molar-refractivity contribution in [2.75, 3.05) is 0 Å². The highest BCUT2D eigenvalue weighted by Gasteiger charge is 2.06. The molecule has 0 heterocycles. The Bertz CT molecular complexity index is 564. The van der Waals surface area contributed by atoms with Crippen molar-refractivity contribution in [2.45, 2.75) is 19.7 Å². The number of halogens is 2. The summed E-state index contributed by atoms with van der Waals surface area (Å²) in [6.45, 7) is 4.00. The molecule has 0 saturated carbocycles. The van der Waals surface area contributed by atoms with E-state index in [9.17, 15) is 0 Å². The minimum Gasteiger partial charge on any atom is -0.457 e. The van der Waals surface area contributed by atoms with Gasteiger partial charge in [-0.2, -0.15) is 0 Å². The molecule has 0 N–H and O–H groups in total. The molecule has 0 amide bonds. The molecule has 2 aromatic carbocycles. The Balaban J connectivity index is 2.36. The van der Waals surface area contributed by atoms with E-state index >= 15 is 0 Å². The molecule has 18 heavy (non-hydrogen) atoms. The van der Waals surface area contributed by atoms with Gasteiger partial charge in [-0.05, 0) is 48.7 Å². The van der Waals surface area contributed by atoms with Gasteiger partial charge in [-0.25, -0.2) is 0 Å². The Morgan fingerprint density at radius 1 is 0.944 bits per heavy atom. The molecule has 0 fully saturated rings. The summed E-state index contributed by atoms with van der Waals surface area (Å²) in [6, 6.07) is 11.6. The van der Waals surface area contributed by atoms with E-state index in [-0.39, 0.29) is 0 Å². The zero-order valence-electron chi connectivity index (χ0n) is 10.3. The fraction of sp³-hybridized carbons (Fsp3) is 0.200. The highest BCUT2D eigenvalue weighted by Crippen LogP contribution is 2.30. The predicted molar refractivity (Wildman–Crippen MR) is 77.0 cm³/mol. The van der Waals surface area contributed by atoms with Crippen LogP contribution in [-0.4, -0.2) is 0 Å². The van der Waals surface area contributed by atoms with Gasteiger partial charge in [0, 0.05) is 10.9 Å². The zero-order chi connectivity index (χ0) is 13.1. The summed E-state index contributed by atoms with van der Waals surface area (Å²) < 4.78 is 5.92. The predicted octanol–water partition coefficient (Wildman–Crippen LogP) is 5.49. The molecule has 2 aromatic rings. The van der Waals surface area contributed by atoms with Crippen molar-refractivity contribution in [1.82, 2.24) is 0 Å². The van der Waals surface area contributed by atoms with Crippen molar-refractivity contribution in [3.8, 4) is 11.5 Å². The van der Waals surface area contributed by atoms with Gasteiger partial charge in [0.1, 0.15) is 11.5 Å². The molecule has 0 saturated heterocycles. The van der Waals surface area contributed by atoms with Crippen LogP contribution in [0.5, 0.6) is 11.5 Å². The number of benzene rings is 2. The van der Waals surface area contributed by atoms with Crippen LogP contribution >= 0.6 is 23.2 Å². The lowest BCUT2D eigenvalue weighted by Crippen LogP contribution is -1.91. The van der Waals surface area contributed by atoms with E-state index in [4.69, 9.17) is 27.9 Å². The molecule has 2 rings (SSSR count). The second-order valence-corrected chi connectivity index (χ2v) is 4.95. The van der Waals surface area contributed by atoms with Gasteiger partial charge >= 0.3 is 0 Å². The maximum Gasteiger partial charge on any atom is 0.131 e. The molecular formula is C15H14Cl2O. The second-order valence-electron chi connectivity index (χ2n) is 4.25. The van der Waals surface area contributed by atoms with Crippen LogP contribution in [0.4, 0.5) is 0 Å². The minimum atomic E-state index is 0.477. The summed E-state index contributed by atoms with van der Waals surface area (Å²) in [4.78, 5) is 0. The summed E-state index contributed by atoms with van der Waals surface area (Å²) in [5, 5.41) is 0.668. The maximum absolute atomic E-state index is 5.98. The van der Waals surface area contributed by atoms with Crippen LogP contribution in [0, 0.1) is 13.8 Å². The molecule has 0 radical (unpaired) electrons. The lowest BCUT2D eigenvalue weighted by atomic mass is 10.1. The lowest BCUT2D eigenvalue weighted by molar-refractivity contribution is 0.475. The first-order valence-electron chi connectivity index (χ1n) is 5.69. The van der Waals surface area contributed by atoms with Gasteiger partial charge in [-0.15, -0.1) is 11.6 Å². The highest BCUT2D eigenvalue weighted by atomic mass is 35.5. The zero-order valence-corrected chi connectivity index (χ0v) is 11.8. The smallest absolute Gasteiger partial charge is 0.131 e. The van der Waals surface area contributed by atoms with Gasteiger partial charge in [0.25, 0.3) is 0 Å². The Kier molecular flexibility index (Phi) is 4.15. The Morgan fingerprint density at radius 2 is 1.56 bits per heavy atom. The fourth-order valence-electron chi connectivity index (χ4n) is 1.64. The average molecular weight is 281 g/mol. The van der Waals surface area contributed by atoms with Gasteiger partial charge in [0.15, 0.2) is 0 Å². The standard InChI is InChI=1S/C15H14Cl2O/c1-10-3-5-12(9-16)7-14(10)18-15-8-13(17)6-4-11(15)2/h3-8H,9H2,1-2H3. The van der Waals surface area contributed by atoms with Gasteiger partial charge < -0.3 is 4.74 Å². The van der Waals surface area contributed by atoms with Crippen LogP contribution in [-0.2, 0) is 5.88 Å². The van der Waals surface area contributed by atoms with Gasteiger partial charge in [0.05, 0.1) is 0 Å². The first kappa shape index (κ1) is 13.3. The van der Waals surface area contributed by atoms with Crippen molar-refractivity contribution in [3.05, 3.63) is 58.1 Å². The van der Waals surface area contributed by atoms with Crippen LogP contribution in [0.2, 0.25) is 5.02 Å². The molecule has 0 aromatic heterocycles. The van der Waals surface area contributed by atoms with E-state index in [0.29, 0.717) is 10.9 Å². The molecular weight excluding hydrogens is 267 g/mol. The summed E-state index contributed by atoms with van der Waals surface area (Å²) in [6.07, 6.45) is 0. The minimum absolute atomic E-state index is 0.477. The summed E-state index contributed by atoms with van der Waals surface area (Å²) in [5.41, 5.74) is 3.16. The van der Waals surface area contributed by atoms with Crippen LogP contribution in [0.15, 0.2) is 36.4 Å². The third-order valence-corrected chi connectivity index (χ3v) is 3.32. The third-order valence-electron chi connectivity index (χ3n) is 2.78. The molecule has 0 unspecified atom stereocenters. The number of aryl methyl sites for hydroxylation is 2. The normalized spacial score (nSPS) is 10.4. The quantitative estimate of drug-likeness (QED) is 0.676. The number of rotatable bonds is 3. The molecule has 0 aliphatic heterocycles. The van der Waals surface area contributed by atoms with E-state index in [2.05, 4.69) is 0 Å². The van der Waals surface area contributed by atoms with Crippen LogP contribution in [0.3, 0.4) is 0 Å². The Labute approximate surface area is 117 Å². The molecule has 0 spiro atoms. The third kappa shape index (κ3) is 2.98. The maximum atomic E-state index is 5.98. The first-order chi connectivity index (χ1) is 8.60. The molecule has 0 bridgehead atoms. The van der Waals surface area contributed by atoms with E-state index < -0.39 is 0 Å². The number of ether oxygens (including phenoxy) is 1. The molecule has 0 atom stereocenters. The van der Waals surface area contributed by atoms with Gasteiger partial charge in [-0.3, -0.25) is 0 Å². The van der Waals surface area contributed by atoms with Crippen molar-refractivity contribution >= 4 is 23.2 Å². The molecule has 1 nitrogen and oxygen atoms in total. The van der Waals surface area contributed by atoms with Crippen LogP contribution < -0.4 is 4.74 Å². The first-order valence-corrected chi connectivity index (χ1v) is 6.61. The summed E-state index contributed by atoms with van der Waals surface area (Å²) in [7, 11) is 0. The molecule has 94 valence electrons. The number of hydrogen-bond acceptors (Lipinski definition) is 1. The van der Waals surface area contributed by atoms with Crippen molar-refractivity contribution in [3.63, 3.8) is 0 Å². The lowest BCUT2D eigenvalue weighted by Gasteiger charge is -2.12.